The molecule has 0 spiro atoms. The maximum Gasteiger partial charge on any atom is 0.243 e. The van der Waals surface area contributed by atoms with Crippen molar-refractivity contribution in [3.63, 3.8) is 0 Å². The first-order chi connectivity index (χ1) is 9.97. The molecule has 2 heterocycles. The van der Waals surface area contributed by atoms with Crippen molar-refractivity contribution >= 4 is 17.7 Å². The van der Waals surface area contributed by atoms with Crippen LogP contribution in [0, 0.1) is 6.92 Å². The van der Waals surface area contributed by atoms with Gasteiger partial charge in [-0.3, -0.25) is 19.8 Å². The molecule has 21 heavy (non-hydrogen) atoms. The van der Waals surface area contributed by atoms with Crippen LogP contribution in [-0.4, -0.2) is 59.0 Å². The molecule has 1 N–H and O–H groups in total. The molecule has 7 nitrogen and oxygen atoms in total. The Hall–Kier alpha value is -1.89. The molecule has 1 aromatic heterocycles. The molecular weight excluding hydrogens is 272 g/mol. The number of carbonyl (C=O) groups excluding carboxylic acids is 2. The highest BCUT2D eigenvalue weighted by Gasteiger charge is 2.25. The van der Waals surface area contributed by atoms with Crippen molar-refractivity contribution in [1.82, 2.24) is 15.0 Å². The van der Waals surface area contributed by atoms with Crippen molar-refractivity contribution in [3.05, 3.63) is 11.8 Å². The summed E-state index contributed by atoms with van der Waals surface area (Å²) in [5.41, 5.74) is 0.727. The second kappa shape index (κ2) is 6.71. The fraction of sp³-hybridized carbons (Fsp3) is 0.643. The highest BCUT2D eigenvalue weighted by atomic mass is 16.5. The summed E-state index contributed by atoms with van der Waals surface area (Å²) in [6.45, 7) is 8.15. The lowest BCUT2D eigenvalue weighted by Crippen LogP contribution is -2.44. The van der Waals surface area contributed by atoms with Gasteiger partial charge in [-0.25, -0.2) is 0 Å². The van der Waals surface area contributed by atoms with Crippen LogP contribution in [0.1, 0.15) is 26.0 Å². The Labute approximate surface area is 124 Å². The molecule has 1 atom stereocenters. The van der Waals surface area contributed by atoms with Crippen molar-refractivity contribution in [1.29, 1.82) is 0 Å². The van der Waals surface area contributed by atoms with Crippen molar-refractivity contribution in [2.24, 2.45) is 0 Å². The molecule has 7 heteroatoms. The fourth-order valence-electron chi connectivity index (χ4n) is 2.45. The van der Waals surface area contributed by atoms with Crippen molar-refractivity contribution in [2.45, 2.75) is 33.2 Å². The largest absolute Gasteiger partial charge is 0.342 e. The maximum atomic E-state index is 12.2. The van der Waals surface area contributed by atoms with Crippen molar-refractivity contribution in [2.75, 3.05) is 31.5 Å². The van der Waals surface area contributed by atoms with E-state index >= 15 is 0 Å². The number of anilines is 1. The predicted molar refractivity (Wildman–Crippen MR) is 77.8 cm³/mol. The standard InChI is InChI=1S/C14H22N4O3/c1-10-9-13(21-16-10)15-14(20)11(2)17-5-4-6-18(8-7-17)12(3)19/h9,11H,4-8H2,1-3H3,(H,15,20). The molecule has 0 aliphatic carbocycles. The Kier molecular flexibility index (Phi) is 4.95. The molecule has 1 aliphatic rings. The quantitative estimate of drug-likeness (QED) is 0.894. The van der Waals surface area contributed by atoms with Gasteiger partial charge in [0.15, 0.2) is 0 Å². The minimum absolute atomic E-state index is 0.0890. The summed E-state index contributed by atoms with van der Waals surface area (Å²) in [5.74, 6) is 0.332. The lowest BCUT2D eigenvalue weighted by Gasteiger charge is -2.26. The summed E-state index contributed by atoms with van der Waals surface area (Å²) in [6.07, 6.45) is 0.874. The van der Waals surface area contributed by atoms with E-state index < -0.39 is 0 Å². The van der Waals surface area contributed by atoms with E-state index in [0.717, 1.165) is 25.2 Å². The summed E-state index contributed by atoms with van der Waals surface area (Å²) in [4.78, 5) is 27.6. The van der Waals surface area contributed by atoms with Gasteiger partial charge in [-0.2, -0.15) is 0 Å². The molecule has 0 aromatic carbocycles. The molecule has 0 radical (unpaired) electrons. The fourth-order valence-corrected chi connectivity index (χ4v) is 2.45. The highest BCUT2D eigenvalue weighted by molar-refractivity contribution is 5.93. The molecule has 0 bridgehead atoms. The first-order valence-corrected chi connectivity index (χ1v) is 7.21. The molecule has 1 unspecified atom stereocenters. The molecule has 1 aromatic rings. The molecule has 0 saturated carbocycles. The number of amides is 2. The monoisotopic (exact) mass is 294 g/mol. The van der Waals surface area contributed by atoms with E-state index in [0.29, 0.717) is 19.0 Å². The number of rotatable bonds is 3. The molecule has 2 amide bonds. The number of nitrogens with one attached hydrogen (secondary N) is 1. The van der Waals surface area contributed by atoms with Gasteiger partial charge in [-0.1, -0.05) is 5.16 Å². The van der Waals surface area contributed by atoms with Gasteiger partial charge in [0.2, 0.25) is 17.7 Å². The van der Waals surface area contributed by atoms with Crippen LogP contribution in [0.4, 0.5) is 5.88 Å². The second-order valence-electron chi connectivity index (χ2n) is 5.39. The third-order valence-electron chi connectivity index (χ3n) is 3.78. The second-order valence-corrected chi connectivity index (χ2v) is 5.39. The molecule has 116 valence electrons. The topological polar surface area (TPSA) is 78.7 Å². The van der Waals surface area contributed by atoms with Crippen LogP contribution in [0.2, 0.25) is 0 Å². The normalized spacial score (nSPS) is 18.1. The van der Waals surface area contributed by atoms with Crippen LogP contribution in [0.3, 0.4) is 0 Å². The Balaban J connectivity index is 1.91. The minimum atomic E-state index is -0.276. The average Bonchev–Trinajstić information content (AvgIpc) is 2.71. The summed E-state index contributed by atoms with van der Waals surface area (Å²) < 4.78 is 4.99. The summed E-state index contributed by atoms with van der Waals surface area (Å²) in [7, 11) is 0. The van der Waals surface area contributed by atoms with E-state index in [4.69, 9.17) is 4.52 Å². The smallest absolute Gasteiger partial charge is 0.243 e. The Bertz CT molecular complexity index is 514. The number of aryl methyl sites for hydroxylation is 1. The lowest BCUT2D eigenvalue weighted by molar-refractivity contribution is -0.128. The van der Waals surface area contributed by atoms with Gasteiger partial charge < -0.3 is 9.42 Å². The van der Waals surface area contributed by atoms with E-state index in [9.17, 15) is 9.59 Å². The highest BCUT2D eigenvalue weighted by Crippen LogP contribution is 2.12. The summed E-state index contributed by atoms with van der Waals surface area (Å²) in [5, 5.41) is 6.46. The van der Waals surface area contributed by atoms with E-state index in [1.54, 1.807) is 19.9 Å². The number of carbonyl (C=O) groups is 2. The van der Waals surface area contributed by atoms with Crippen LogP contribution >= 0.6 is 0 Å². The third-order valence-corrected chi connectivity index (χ3v) is 3.78. The zero-order chi connectivity index (χ0) is 15.4. The van der Waals surface area contributed by atoms with Crippen molar-refractivity contribution in [3.8, 4) is 0 Å². The van der Waals surface area contributed by atoms with Crippen LogP contribution < -0.4 is 5.32 Å². The first kappa shape index (κ1) is 15.5. The van der Waals surface area contributed by atoms with Gasteiger partial charge in [0.25, 0.3) is 0 Å². The predicted octanol–water partition coefficient (Wildman–Crippen LogP) is 0.864. The zero-order valence-electron chi connectivity index (χ0n) is 12.8. The van der Waals surface area contributed by atoms with Gasteiger partial charge in [0.05, 0.1) is 11.7 Å². The number of hydrogen-bond donors (Lipinski definition) is 1. The van der Waals surface area contributed by atoms with Crippen LogP contribution in [0.25, 0.3) is 0 Å². The SMILES string of the molecule is CC(=O)N1CCCN(C(C)C(=O)Nc2cc(C)no2)CC1. The molecule has 1 saturated heterocycles. The number of aromatic nitrogens is 1. The maximum absolute atomic E-state index is 12.2. The summed E-state index contributed by atoms with van der Waals surface area (Å²) >= 11 is 0. The van der Waals surface area contributed by atoms with Gasteiger partial charge >= 0.3 is 0 Å². The minimum Gasteiger partial charge on any atom is -0.342 e. The van der Waals surface area contributed by atoms with Crippen LogP contribution in [-0.2, 0) is 9.59 Å². The van der Waals surface area contributed by atoms with E-state index in [1.807, 2.05) is 11.8 Å². The van der Waals surface area contributed by atoms with E-state index in [-0.39, 0.29) is 17.9 Å². The van der Waals surface area contributed by atoms with E-state index in [1.165, 1.54) is 0 Å². The number of hydrogen-bond acceptors (Lipinski definition) is 5. The van der Waals surface area contributed by atoms with Crippen LogP contribution in [0.5, 0.6) is 0 Å². The Morgan fingerprint density at radius 1 is 1.33 bits per heavy atom. The van der Waals surface area contributed by atoms with Crippen LogP contribution in [0.15, 0.2) is 10.6 Å². The van der Waals surface area contributed by atoms with Gasteiger partial charge in [0, 0.05) is 39.2 Å². The molecule has 2 rings (SSSR count). The Morgan fingerprint density at radius 2 is 2.10 bits per heavy atom. The summed E-state index contributed by atoms with van der Waals surface area (Å²) in [6, 6.07) is 1.41. The Morgan fingerprint density at radius 3 is 2.71 bits per heavy atom. The molecule has 1 aliphatic heterocycles. The molecule has 1 fully saturated rings. The zero-order valence-corrected chi connectivity index (χ0v) is 12.8. The van der Waals surface area contributed by atoms with Gasteiger partial charge in [-0.15, -0.1) is 0 Å². The van der Waals surface area contributed by atoms with Gasteiger partial charge in [-0.05, 0) is 20.3 Å². The molecular formula is C14H22N4O3. The average molecular weight is 294 g/mol. The first-order valence-electron chi connectivity index (χ1n) is 7.21. The number of nitrogens with zero attached hydrogens (tertiary/aromatic N) is 3. The van der Waals surface area contributed by atoms with E-state index in [2.05, 4.69) is 15.4 Å². The third kappa shape index (κ3) is 4.04. The van der Waals surface area contributed by atoms with Crippen molar-refractivity contribution < 1.29 is 14.1 Å². The lowest BCUT2D eigenvalue weighted by atomic mass is 10.2. The van der Waals surface area contributed by atoms with Gasteiger partial charge in [0.1, 0.15) is 0 Å².